The first kappa shape index (κ1) is 21.1. The summed E-state index contributed by atoms with van der Waals surface area (Å²) in [6, 6.07) is 11.7. The highest BCUT2D eigenvalue weighted by atomic mass is 35.5. The molecule has 1 aliphatic rings. The molecule has 7 heteroatoms. The molecule has 0 aliphatic carbocycles. The number of benzene rings is 2. The molecule has 154 valence electrons. The molecule has 1 aliphatic heterocycles. The van der Waals surface area contributed by atoms with Crippen molar-refractivity contribution in [2.75, 3.05) is 18.4 Å². The van der Waals surface area contributed by atoms with Crippen molar-refractivity contribution in [1.82, 2.24) is 10.2 Å². The Labute approximate surface area is 175 Å². The summed E-state index contributed by atoms with van der Waals surface area (Å²) in [6.45, 7) is 5.22. The number of hydrogen-bond donors (Lipinski definition) is 2. The van der Waals surface area contributed by atoms with Gasteiger partial charge in [-0.25, -0.2) is 9.18 Å². The van der Waals surface area contributed by atoms with E-state index in [1.807, 2.05) is 38.1 Å². The third kappa shape index (κ3) is 5.26. The van der Waals surface area contributed by atoms with Crippen LogP contribution in [0.15, 0.2) is 42.5 Å². The first-order valence-corrected chi connectivity index (χ1v) is 9.99. The van der Waals surface area contributed by atoms with Crippen LogP contribution in [0.3, 0.4) is 0 Å². The molecule has 2 aromatic rings. The lowest BCUT2D eigenvalue weighted by Gasteiger charge is -2.39. The van der Waals surface area contributed by atoms with Crippen LogP contribution in [0.2, 0.25) is 5.02 Å². The van der Waals surface area contributed by atoms with Crippen LogP contribution in [-0.4, -0.2) is 29.9 Å². The second-order valence-corrected chi connectivity index (χ2v) is 8.22. The minimum Gasteiger partial charge on any atom is -0.351 e. The van der Waals surface area contributed by atoms with E-state index in [2.05, 4.69) is 10.6 Å². The van der Waals surface area contributed by atoms with Crippen LogP contribution in [0, 0.1) is 18.2 Å². The van der Waals surface area contributed by atoms with Crippen LogP contribution in [0.5, 0.6) is 0 Å². The van der Waals surface area contributed by atoms with Gasteiger partial charge in [-0.1, -0.05) is 41.4 Å². The predicted molar refractivity (Wildman–Crippen MR) is 112 cm³/mol. The molecular formula is C22H25ClFN3O2. The number of anilines is 1. The number of carbonyl (C=O) groups excluding carboxylic acids is 2. The van der Waals surface area contributed by atoms with E-state index in [1.54, 1.807) is 4.90 Å². The van der Waals surface area contributed by atoms with Gasteiger partial charge in [-0.15, -0.1) is 0 Å². The lowest BCUT2D eigenvalue weighted by molar-refractivity contribution is -0.132. The van der Waals surface area contributed by atoms with Crippen molar-refractivity contribution in [3.8, 4) is 0 Å². The summed E-state index contributed by atoms with van der Waals surface area (Å²) >= 11 is 5.77. The average molecular weight is 418 g/mol. The molecule has 0 bridgehead atoms. The maximum absolute atomic E-state index is 13.3. The Balaban J connectivity index is 1.60. The molecule has 2 aromatic carbocycles. The van der Waals surface area contributed by atoms with Gasteiger partial charge < -0.3 is 15.5 Å². The number of rotatable bonds is 4. The number of hydrogen-bond acceptors (Lipinski definition) is 2. The molecule has 0 radical (unpaired) electrons. The van der Waals surface area contributed by atoms with Crippen LogP contribution in [-0.2, 0) is 11.3 Å². The zero-order chi connectivity index (χ0) is 21.0. The van der Waals surface area contributed by atoms with E-state index in [0.717, 1.165) is 12.0 Å². The van der Waals surface area contributed by atoms with Gasteiger partial charge in [-0.2, -0.15) is 0 Å². The Kier molecular flexibility index (Phi) is 6.42. The molecule has 3 amide bonds. The molecule has 29 heavy (non-hydrogen) atoms. The summed E-state index contributed by atoms with van der Waals surface area (Å²) in [5, 5.41) is 5.66. The Bertz CT molecular complexity index is 903. The molecule has 1 saturated heterocycles. The fraction of sp³-hybridized carbons (Fsp3) is 0.364. The molecule has 1 heterocycles. The van der Waals surface area contributed by atoms with Gasteiger partial charge in [0.1, 0.15) is 5.82 Å². The van der Waals surface area contributed by atoms with E-state index >= 15 is 0 Å². The minimum absolute atomic E-state index is 0.0539. The zero-order valence-corrected chi connectivity index (χ0v) is 17.4. The molecule has 0 aromatic heterocycles. The van der Waals surface area contributed by atoms with Crippen molar-refractivity contribution in [3.63, 3.8) is 0 Å². The quantitative estimate of drug-likeness (QED) is 0.754. The summed E-state index contributed by atoms with van der Waals surface area (Å²) in [4.78, 5) is 27.1. The van der Waals surface area contributed by atoms with Gasteiger partial charge in [-0.3, -0.25) is 4.79 Å². The maximum atomic E-state index is 13.3. The van der Waals surface area contributed by atoms with Crippen molar-refractivity contribution in [2.24, 2.45) is 5.41 Å². The molecule has 1 atom stereocenters. The van der Waals surface area contributed by atoms with E-state index in [9.17, 15) is 14.0 Å². The van der Waals surface area contributed by atoms with Crippen LogP contribution >= 0.6 is 11.6 Å². The summed E-state index contributed by atoms with van der Waals surface area (Å²) in [6.07, 6.45) is 1.44. The third-order valence-corrected chi connectivity index (χ3v) is 5.57. The Morgan fingerprint density at radius 2 is 1.93 bits per heavy atom. The normalized spacial score (nSPS) is 19.0. The lowest BCUT2D eigenvalue weighted by atomic mass is 9.81. The number of nitrogens with one attached hydrogen (secondary N) is 2. The Morgan fingerprint density at radius 1 is 1.21 bits per heavy atom. The number of urea groups is 1. The standard InChI is InChI=1S/C22H25ClFN3O2/c1-15-4-6-16(7-5-15)13-25-20(28)22(2)10-3-11-27(14-22)21(29)26-17-8-9-19(24)18(23)12-17/h4-9,12H,3,10-11,13-14H2,1-2H3,(H,25,28)(H,26,29)/t22-/m1/s1. The summed E-state index contributed by atoms with van der Waals surface area (Å²) in [5.41, 5.74) is 1.95. The van der Waals surface area contributed by atoms with Crippen molar-refractivity contribution >= 4 is 29.2 Å². The van der Waals surface area contributed by atoms with Gasteiger partial charge in [-0.05, 0) is 50.5 Å². The summed E-state index contributed by atoms with van der Waals surface area (Å²) < 4.78 is 13.3. The Hall–Kier alpha value is -2.60. The first-order chi connectivity index (χ1) is 13.8. The number of likely N-dealkylation sites (tertiary alicyclic amines) is 1. The van der Waals surface area contributed by atoms with E-state index in [-0.39, 0.29) is 17.0 Å². The van der Waals surface area contributed by atoms with E-state index < -0.39 is 11.2 Å². The van der Waals surface area contributed by atoms with E-state index in [1.165, 1.54) is 23.8 Å². The fourth-order valence-corrected chi connectivity index (χ4v) is 3.66. The minimum atomic E-state index is -0.666. The van der Waals surface area contributed by atoms with Crippen LogP contribution in [0.25, 0.3) is 0 Å². The van der Waals surface area contributed by atoms with Gasteiger partial charge in [0.05, 0.1) is 10.4 Å². The highest BCUT2D eigenvalue weighted by Crippen LogP contribution is 2.30. The van der Waals surface area contributed by atoms with Gasteiger partial charge in [0.25, 0.3) is 0 Å². The predicted octanol–water partition coefficient (Wildman–Crippen LogP) is 4.74. The topological polar surface area (TPSA) is 61.4 Å². The second-order valence-electron chi connectivity index (χ2n) is 7.81. The molecule has 1 fully saturated rings. The van der Waals surface area contributed by atoms with Gasteiger partial charge in [0, 0.05) is 25.3 Å². The number of piperidine rings is 1. The monoisotopic (exact) mass is 417 g/mol. The van der Waals surface area contributed by atoms with Crippen molar-refractivity contribution < 1.29 is 14.0 Å². The molecule has 5 nitrogen and oxygen atoms in total. The number of amides is 3. The summed E-state index contributed by atoms with van der Waals surface area (Å²) in [5.74, 6) is -0.610. The number of aryl methyl sites for hydroxylation is 1. The largest absolute Gasteiger partial charge is 0.351 e. The summed E-state index contributed by atoms with van der Waals surface area (Å²) in [7, 11) is 0. The lowest BCUT2D eigenvalue weighted by Crippen LogP contribution is -2.52. The van der Waals surface area contributed by atoms with E-state index in [4.69, 9.17) is 11.6 Å². The molecular weight excluding hydrogens is 393 g/mol. The number of carbonyl (C=O) groups is 2. The van der Waals surface area contributed by atoms with Crippen LogP contribution < -0.4 is 10.6 Å². The fourth-order valence-electron chi connectivity index (χ4n) is 3.48. The van der Waals surface area contributed by atoms with Crippen molar-refractivity contribution in [1.29, 1.82) is 0 Å². The van der Waals surface area contributed by atoms with E-state index in [0.29, 0.717) is 31.7 Å². The van der Waals surface area contributed by atoms with Crippen molar-refractivity contribution in [2.45, 2.75) is 33.2 Å². The highest BCUT2D eigenvalue weighted by Gasteiger charge is 2.39. The zero-order valence-electron chi connectivity index (χ0n) is 16.6. The number of nitrogens with zero attached hydrogens (tertiary/aromatic N) is 1. The van der Waals surface area contributed by atoms with Gasteiger partial charge in [0.15, 0.2) is 0 Å². The first-order valence-electron chi connectivity index (χ1n) is 9.62. The van der Waals surface area contributed by atoms with Crippen LogP contribution in [0.1, 0.15) is 30.9 Å². The van der Waals surface area contributed by atoms with Gasteiger partial charge in [0.2, 0.25) is 5.91 Å². The molecule has 0 unspecified atom stereocenters. The molecule has 2 N–H and O–H groups in total. The third-order valence-electron chi connectivity index (χ3n) is 5.28. The molecule has 3 rings (SSSR count). The number of halogens is 2. The van der Waals surface area contributed by atoms with Crippen molar-refractivity contribution in [3.05, 3.63) is 64.4 Å². The van der Waals surface area contributed by atoms with Gasteiger partial charge >= 0.3 is 6.03 Å². The average Bonchev–Trinajstić information content (AvgIpc) is 2.70. The smallest absolute Gasteiger partial charge is 0.321 e. The molecule has 0 spiro atoms. The van der Waals surface area contributed by atoms with Crippen LogP contribution in [0.4, 0.5) is 14.9 Å². The maximum Gasteiger partial charge on any atom is 0.321 e. The molecule has 0 saturated carbocycles. The Morgan fingerprint density at radius 3 is 2.62 bits per heavy atom. The highest BCUT2D eigenvalue weighted by molar-refractivity contribution is 6.31. The SMILES string of the molecule is Cc1ccc(CNC(=O)[C@]2(C)CCCN(C(=O)Nc3ccc(F)c(Cl)c3)C2)cc1. The second kappa shape index (κ2) is 8.82.